The molecule has 0 atom stereocenters. The van der Waals surface area contributed by atoms with E-state index in [1.54, 1.807) is 4.57 Å². The summed E-state index contributed by atoms with van der Waals surface area (Å²) in [5, 5.41) is -1.12. The van der Waals surface area contributed by atoms with Crippen LogP contribution in [0.4, 0.5) is 34.1 Å². The molecule has 0 saturated carbocycles. The number of nitrogens with zero attached hydrogens (tertiary/aromatic N) is 7. The van der Waals surface area contributed by atoms with Gasteiger partial charge in [0.15, 0.2) is 17.5 Å². The van der Waals surface area contributed by atoms with Crippen molar-refractivity contribution < 1.29 is 34.9 Å². The molecule has 0 N–H and O–H groups in total. The largest absolute Gasteiger partial charge is 0.456 e. The minimum atomic E-state index is -1.58. The zero-order valence-corrected chi connectivity index (χ0v) is 70.7. The Balaban J connectivity index is 0.965. The molecule has 10 heteroatoms. The molecule has 0 radical (unpaired) electrons. The standard InChI is InChI=1S/C119H85B2N7O/c1-118(2,3)85-68-91(76-40-19-9-20-41-76)110(92(69-85)77-42-21-10-22-43-77)127-103-72-87(125-100-56-33-31-52-88(100)89-53-32-34-57-101(89)125)60-62-96(103)120-99-73-106-109-114(129-107-67-83(75-38-17-8-18-39-75)58-61-97(107)121(109)98-55-35-54-90-95-64-82(74-36-15-7-16-37-74)59-63-102(95)126(106)112(90)98)113(99)128(111-93(78-44-23-11-24-45-78)70-86(119(4,5)6)71-94(111)79-46-25-12-26-47-79)105-66-84(65-104(127)108(105)120)117-123-115(80-48-27-13-28-49-80)122-116(124-117)81-50-29-14-30-51-81/h7-73H,1-6H3/i7D,15D,16D,31D,32D,33D,34D,35D,36D,37D,52D,53D,54D,55D,56D,57D,59D,60D,62D,63D,64D,72D. The van der Waals surface area contributed by atoms with E-state index < -0.39 is 185 Å². The first-order valence-electron chi connectivity index (χ1n) is 54.1. The van der Waals surface area contributed by atoms with Crippen molar-refractivity contribution >= 4 is 124 Å². The Hall–Kier alpha value is -15.9. The molecule has 18 aromatic carbocycles. The number of anilines is 6. The number of hydrogen-bond donors (Lipinski definition) is 0. The van der Waals surface area contributed by atoms with Gasteiger partial charge in [-0.2, -0.15) is 0 Å². The van der Waals surface area contributed by atoms with Crippen LogP contribution in [0.2, 0.25) is 0 Å². The molecule has 25 rings (SSSR count). The maximum Gasteiger partial charge on any atom is 0.256 e. The molecule has 0 bridgehead atoms. The second kappa shape index (κ2) is 29.4. The van der Waals surface area contributed by atoms with Gasteiger partial charge < -0.3 is 23.7 Å². The fraction of sp³-hybridized carbons (Fsp3) is 0.0672. The van der Waals surface area contributed by atoms with Gasteiger partial charge in [0, 0.05) is 94.4 Å². The number of hydrogen-bond acceptors (Lipinski definition) is 6. The molecule has 8 nitrogen and oxygen atoms in total. The molecular formula is C119H85B2N7O. The second-order valence-corrected chi connectivity index (χ2v) is 35.2. The van der Waals surface area contributed by atoms with Crippen LogP contribution in [-0.2, 0) is 10.8 Å². The maximum atomic E-state index is 12.4. The summed E-state index contributed by atoms with van der Waals surface area (Å²) in [7, 11) is 0. The molecule has 21 aromatic rings. The highest BCUT2D eigenvalue weighted by Gasteiger charge is 2.52. The van der Waals surface area contributed by atoms with Crippen molar-refractivity contribution in [3.8, 4) is 124 Å². The minimum Gasteiger partial charge on any atom is -0.456 e. The van der Waals surface area contributed by atoms with E-state index in [1.165, 1.54) is 0 Å². The zero-order valence-electron chi connectivity index (χ0n) is 92.7. The first-order chi connectivity index (χ1) is 72.4. The SMILES string of the molecule is [2H]c1c([2H])c([2H])c(-c2c([2H])c([2H])c3c(c2[2H])c2c([2H])c([2H])c([2H])c4c2n3-c2cc3c(c5c2B4c2ccc(-c4ccccc4)cc2O5)N(c2c(-c4ccccc4)cc(C(C)(C)C)cc2-c2ccccc2)c2cc(-c4nc(-c5ccccc5)nc(-c5ccccc5)n4)cc4c2B3c2c([2H])c([2H])c(-n3c5c([2H])c([2H])c([2H])c([2H])c5c5c([2H])c([2H])c([2H])c([2H])c53)c([2H])c2N4c2c(-c3ccccc3)cc(C(C)(C)C)cc2-c2ccccc2)c([2H])c1[2H]. The molecule has 0 spiro atoms. The van der Waals surface area contributed by atoms with Gasteiger partial charge >= 0.3 is 0 Å². The van der Waals surface area contributed by atoms with Gasteiger partial charge in [0.1, 0.15) is 11.5 Å². The summed E-state index contributed by atoms with van der Waals surface area (Å²) in [5.41, 5.74) is 9.06. The Kier molecular flexibility index (Phi) is 12.8. The number of benzene rings is 18. The topological polar surface area (TPSA) is 64.2 Å². The Morgan fingerprint density at radius 1 is 0.287 bits per heavy atom. The van der Waals surface area contributed by atoms with E-state index in [1.807, 2.05) is 254 Å². The van der Waals surface area contributed by atoms with Gasteiger partial charge in [0.2, 0.25) is 0 Å². The third-order valence-corrected chi connectivity index (χ3v) is 25.6. The summed E-state index contributed by atoms with van der Waals surface area (Å²) in [5.74, 6) is 0.923. The predicted octanol–water partition coefficient (Wildman–Crippen LogP) is 26.7. The first-order valence-corrected chi connectivity index (χ1v) is 43.1. The highest BCUT2D eigenvalue weighted by atomic mass is 16.5. The quantitative estimate of drug-likeness (QED) is 0.114. The normalized spacial score (nSPS) is 15.3. The third kappa shape index (κ3) is 12.1. The van der Waals surface area contributed by atoms with Crippen LogP contribution in [0, 0.1) is 0 Å². The molecule has 0 fully saturated rings. The zero-order chi connectivity index (χ0) is 105. The van der Waals surface area contributed by atoms with Crippen LogP contribution >= 0.6 is 0 Å². The van der Waals surface area contributed by atoms with Gasteiger partial charge in [0.25, 0.3) is 13.4 Å². The molecule has 4 aliphatic rings. The van der Waals surface area contributed by atoms with Crippen molar-refractivity contribution in [2.75, 3.05) is 9.80 Å². The number of fused-ring (bicyclic) bond motifs is 15. The van der Waals surface area contributed by atoms with Gasteiger partial charge in [-0.15, -0.1) is 0 Å². The van der Waals surface area contributed by atoms with E-state index in [9.17, 15) is 26.0 Å². The van der Waals surface area contributed by atoms with E-state index in [-0.39, 0.29) is 106 Å². The lowest BCUT2D eigenvalue weighted by Crippen LogP contribution is -2.64. The van der Waals surface area contributed by atoms with Gasteiger partial charge in [-0.3, -0.25) is 0 Å². The van der Waals surface area contributed by atoms with E-state index >= 15 is 0 Å². The van der Waals surface area contributed by atoms with Gasteiger partial charge in [-0.05, 0) is 184 Å². The smallest absolute Gasteiger partial charge is 0.256 e. The number of para-hydroxylation sites is 3. The van der Waals surface area contributed by atoms with Crippen molar-refractivity contribution in [2.24, 2.45) is 0 Å². The summed E-state index contributed by atoms with van der Waals surface area (Å²) in [6, 6.07) is 72.7. The molecule has 7 heterocycles. The van der Waals surface area contributed by atoms with Crippen LogP contribution in [-0.4, -0.2) is 37.5 Å². The summed E-state index contributed by atoms with van der Waals surface area (Å²) in [4.78, 5) is 20.8. The lowest BCUT2D eigenvalue weighted by Gasteiger charge is -2.47. The van der Waals surface area contributed by atoms with Crippen molar-refractivity contribution in [3.05, 3.63) is 417 Å². The van der Waals surface area contributed by atoms with Gasteiger partial charge in [-0.1, -0.05) is 363 Å². The van der Waals surface area contributed by atoms with Crippen LogP contribution in [0.25, 0.3) is 156 Å². The highest BCUT2D eigenvalue weighted by Crippen LogP contribution is 2.58. The second-order valence-electron chi connectivity index (χ2n) is 35.2. The molecule has 129 heavy (non-hydrogen) atoms. The van der Waals surface area contributed by atoms with E-state index in [0.717, 1.165) is 32.4 Å². The molecule has 3 aromatic heterocycles. The summed E-state index contributed by atoms with van der Waals surface area (Å²) < 4.78 is 235. The van der Waals surface area contributed by atoms with Crippen LogP contribution in [0.5, 0.6) is 11.5 Å². The van der Waals surface area contributed by atoms with Crippen molar-refractivity contribution in [3.63, 3.8) is 0 Å². The molecule has 0 amide bonds. The monoisotopic (exact) mass is 1670 g/mol. The molecular weight excluding hydrogens is 1560 g/mol. The third-order valence-electron chi connectivity index (χ3n) is 25.6. The highest BCUT2D eigenvalue weighted by molar-refractivity contribution is 7.02. The lowest BCUT2D eigenvalue weighted by molar-refractivity contribution is 0.489. The summed E-state index contributed by atoms with van der Waals surface area (Å²) >= 11 is 0. The number of aromatic nitrogens is 5. The van der Waals surface area contributed by atoms with Crippen LogP contribution in [0.15, 0.2) is 406 Å². The van der Waals surface area contributed by atoms with Gasteiger partial charge in [-0.25, -0.2) is 15.0 Å². The van der Waals surface area contributed by atoms with E-state index in [4.69, 9.17) is 23.8 Å². The van der Waals surface area contributed by atoms with Gasteiger partial charge in [0.05, 0.1) is 63.8 Å². The first kappa shape index (κ1) is 56.1. The van der Waals surface area contributed by atoms with Crippen molar-refractivity contribution in [2.45, 2.75) is 52.4 Å². The summed E-state index contributed by atoms with van der Waals surface area (Å²) in [6.45, 7) is 9.93. The van der Waals surface area contributed by atoms with Crippen LogP contribution < -0.4 is 47.3 Å². The average molecular weight is 1670 g/mol. The Morgan fingerprint density at radius 3 is 1.27 bits per heavy atom. The molecule has 4 aliphatic heterocycles. The molecule has 0 saturated heterocycles. The number of rotatable bonds is 12. The van der Waals surface area contributed by atoms with Crippen LogP contribution in [0.1, 0.15) is 82.8 Å². The van der Waals surface area contributed by atoms with E-state index in [0.29, 0.717) is 83.6 Å². The predicted molar refractivity (Wildman–Crippen MR) is 540 cm³/mol. The summed E-state index contributed by atoms with van der Waals surface area (Å²) in [6.07, 6.45) is 0. The fourth-order valence-electron chi connectivity index (χ4n) is 19.6. The fourth-order valence-corrected chi connectivity index (χ4v) is 19.6. The Bertz CT molecular complexity index is 9310. The van der Waals surface area contributed by atoms with Crippen LogP contribution in [0.3, 0.4) is 0 Å². The van der Waals surface area contributed by atoms with Crippen molar-refractivity contribution in [1.29, 1.82) is 0 Å². The average Bonchev–Trinajstić information content (AvgIpc) is 1.59. The Labute approximate surface area is 782 Å². The molecule has 608 valence electrons. The maximum absolute atomic E-state index is 12.4. The Morgan fingerprint density at radius 2 is 0.744 bits per heavy atom. The van der Waals surface area contributed by atoms with E-state index in [2.05, 4.69) is 70.7 Å². The minimum absolute atomic E-state index is 0.0330. The molecule has 0 unspecified atom stereocenters. The molecule has 0 aliphatic carbocycles. The lowest BCUT2D eigenvalue weighted by atomic mass is 9.31. The van der Waals surface area contributed by atoms with Crippen molar-refractivity contribution in [1.82, 2.24) is 24.1 Å². The number of ether oxygens (including phenoxy) is 1.